The van der Waals surface area contributed by atoms with Crippen LogP contribution in [0.5, 0.6) is 5.75 Å². The number of aryl methyl sites for hydroxylation is 1. The number of benzene rings is 1. The molecule has 1 aromatic heterocycles. The smallest absolute Gasteiger partial charge is 0.335 e. The van der Waals surface area contributed by atoms with E-state index >= 15 is 0 Å². The number of nitrogen functional groups attached to an aromatic ring is 1. The number of hydrazine groups is 1. The van der Waals surface area contributed by atoms with Gasteiger partial charge in [0.05, 0.1) is 7.11 Å². The Bertz CT molecular complexity index is 495. The Morgan fingerprint density at radius 3 is 2.81 bits per heavy atom. The van der Waals surface area contributed by atoms with Crippen molar-refractivity contribution >= 4 is 6.01 Å². The number of rotatable bonds is 3. The second kappa shape index (κ2) is 4.19. The molecule has 0 bridgehead atoms. The molecule has 3 N–H and O–H groups in total. The van der Waals surface area contributed by atoms with Crippen LogP contribution < -0.4 is 16.0 Å². The van der Waals surface area contributed by atoms with Gasteiger partial charge in [0.2, 0.25) is 5.82 Å². The fourth-order valence-corrected chi connectivity index (χ4v) is 1.42. The molecule has 2 aromatic rings. The molecule has 0 spiro atoms. The molecule has 6 heteroatoms. The molecule has 0 radical (unpaired) electrons. The summed E-state index contributed by atoms with van der Waals surface area (Å²) in [5, 5.41) is 3.78. The highest BCUT2D eigenvalue weighted by molar-refractivity contribution is 5.58. The molecule has 2 rings (SSSR count). The first kappa shape index (κ1) is 10.4. The van der Waals surface area contributed by atoms with Gasteiger partial charge in [-0.3, -0.25) is 5.43 Å². The molecule has 1 aromatic carbocycles. The average Bonchev–Trinajstić information content (AvgIpc) is 2.77. The van der Waals surface area contributed by atoms with Gasteiger partial charge in [0.1, 0.15) is 5.75 Å². The van der Waals surface area contributed by atoms with Gasteiger partial charge in [-0.05, 0) is 30.7 Å². The fourth-order valence-electron chi connectivity index (χ4n) is 1.42. The van der Waals surface area contributed by atoms with Crippen LogP contribution in [0.15, 0.2) is 22.7 Å². The highest BCUT2D eigenvalue weighted by atomic mass is 16.5. The average molecular weight is 220 g/mol. The Morgan fingerprint density at radius 1 is 1.44 bits per heavy atom. The lowest BCUT2D eigenvalue weighted by Crippen LogP contribution is -2.06. The summed E-state index contributed by atoms with van der Waals surface area (Å²) >= 11 is 0. The third-order valence-corrected chi connectivity index (χ3v) is 2.20. The minimum Gasteiger partial charge on any atom is -0.496 e. The van der Waals surface area contributed by atoms with Crippen LogP contribution in [-0.4, -0.2) is 17.3 Å². The number of nitrogens with one attached hydrogen (secondary N) is 1. The van der Waals surface area contributed by atoms with Crippen molar-refractivity contribution in [3.63, 3.8) is 0 Å². The topological polar surface area (TPSA) is 86.2 Å². The van der Waals surface area contributed by atoms with Gasteiger partial charge in [-0.1, -0.05) is 5.16 Å². The lowest BCUT2D eigenvalue weighted by molar-refractivity contribution is 0.411. The zero-order chi connectivity index (χ0) is 11.5. The Hall–Kier alpha value is -2.08. The Morgan fingerprint density at radius 2 is 2.25 bits per heavy atom. The molecule has 1 heterocycles. The normalized spacial score (nSPS) is 10.2. The van der Waals surface area contributed by atoms with Crippen molar-refractivity contribution in [3.8, 4) is 17.1 Å². The van der Waals surface area contributed by atoms with Gasteiger partial charge < -0.3 is 9.26 Å². The molecule has 0 unspecified atom stereocenters. The lowest BCUT2D eigenvalue weighted by atomic mass is 10.1. The van der Waals surface area contributed by atoms with E-state index in [1.54, 1.807) is 7.11 Å². The first-order valence-corrected chi connectivity index (χ1v) is 4.70. The first-order valence-electron chi connectivity index (χ1n) is 4.70. The molecule has 0 fully saturated rings. The summed E-state index contributed by atoms with van der Waals surface area (Å²) in [5.41, 5.74) is 4.15. The maximum absolute atomic E-state index is 5.17. The van der Waals surface area contributed by atoms with Crippen molar-refractivity contribution in [2.75, 3.05) is 12.5 Å². The fraction of sp³-hybridized carbons (Fsp3) is 0.200. The number of anilines is 1. The third-order valence-electron chi connectivity index (χ3n) is 2.20. The number of methoxy groups -OCH3 is 1. The molecule has 0 aliphatic carbocycles. The molecule has 16 heavy (non-hydrogen) atoms. The summed E-state index contributed by atoms with van der Waals surface area (Å²) in [6, 6.07) is 5.82. The van der Waals surface area contributed by atoms with Crippen LogP contribution in [0.1, 0.15) is 5.56 Å². The van der Waals surface area contributed by atoms with E-state index in [1.807, 2.05) is 25.1 Å². The summed E-state index contributed by atoms with van der Waals surface area (Å²) in [6.45, 7) is 1.95. The molecule has 0 aliphatic heterocycles. The lowest BCUT2D eigenvalue weighted by Gasteiger charge is -2.04. The van der Waals surface area contributed by atoms with Crippen molar-refractivity contribution in [2.24, 2.45) is 5.84 Å². The summed E-state index contributed by atoms with van der Waals surface area (Å²) in [6.07, 6.45) is 0. The van der Waals surface area contributed by atoms with Gasteiger partial charge >= 0.3 is 6.01 Å². The predicted octanol–water partition coefficient (Wildman–Crippen LogP) is 1.34. The summed E-state index contributed by atoms with van der Waals surface area (Å²) in [4.78, 5) is 4.04. The van der Waals surface area contributed by atoms with Crippen molar-refractivity contribution in [1.29, 1.82) is 0 Å². The maximum Gasteiger partial charge on any atom is 0.335 e. The molecule has 0 saturated heterocycles. The highest BCUT2D eigenvalue weighted by Crippen LogP contribution is 2.24. The van der Waals surface area contributed by atoms with Gasteiger partial charge in [0, 0.05) is 5.56 Å². The summed E-state index contributed by atoms with van der Waals surface area (Å²) in [7, 11) is 1.63. The van der Waals surface area contributed by atoms with Crippen LogP contribution in [0.25, 0.3) is 11.4 Å². The highest BCUT2D eigenvalue weighted by Gasteiger charge is 2.08. The van der Waals surface area contributed by atoms with Crippen molar-refractivity contribution in [2.45, 2.75) is 6.92 Å². The Labute approximate surface area is 92.4 Å². The standard InChI is InChI=1S/C10H12N4O2/c1-6-5-7(3-4-8(6)15-2)9-12-10(13-11)16-14-9/h3-5H,11H2,1-2H3,(H,12,13,14). The van der Waals surface area contributed by atoms with Crippen LogP contribution in [0, 0.1) is 6.92 Å². The van der Waals surface area contributed by atoms with Crippen molar-refractivity contribution < 1.29 is 9.26 Å². The maximum atomic E-state index is 5.17. The van der Waals surface area contributed by atoms with E-state index in [2.05, 4.69) is 15.6 Å². The molecule has 6 nitrogen and oxygen atoms in total. The van der Waals surface area contributed by atoms with Crippen LogP contribution in [0.2, 0.25) is 0 Å². The van der Waals surface area contributed by atoms with Crippen LogP contribution in [-0.2, 0) is 0 Å². The number of ether oxygens (including phenoxy) is 1. The van der Waals surface area contributed by atoms with Gasteiger partial charge in [0.25, 0.3) is 0 Å². The van der Waals surface area contributed by atoms with Crippen molar-refractivity contribution in [3.05, 3.63) is 23.8 Å². The van der Waals surface area contributed by atoms with E-state index in [0.29, 0.717) is 5.82 Å². The van der Waals surface area contributed by atoms with E-state index in [4.69, 9.17) is 15.1 Å². The third kappa shape index (κ3) is 1.82. The first-order chi connectivity index (χ1) is 7.74. The summed E-state index contributed by atoms with van der Waals surface area (Å²) < 4.78 is 10.0. The Kier molecular flexibility index (Phi) is 2.74. The van der Waals surface area contributed by atoms with Gasteiger partial charge in [0.15, 0.2) is 0 Å². The predicted molar refractivity (Wildman–Crippen MR) is 58.8 cm³/mol. The molecule has 0 amide bonds. The van der Waals surface area contributed by atoms with Crippen molar-refractivity contribution in [1.82, 2.24) is 10.1 Å². The van der Waals surface area contributed by atoms with E-state index in [-0.39, 0.29) is 6.01 Å². The monoisotopic (exact) mass is 220 g/mol. The quantitative estimate of drug-likeness (QED) is 0.599. The van der Waals surface area contributed by atoms with E-state index in [9.17, 15) is 0 Å². The van der Waals surface area contributed by atoms with Gasteiger partial charge in [-0.25, -0.2) is 5.84 Å². The number of hydrogen-bond acceptors (Lipinski definition) is 6. The molecule has 0 saturated carbocycles. The van der Waals surface area contributed by atoms with Gasteiger partial charge in [-0.15, -0.1) is 0 Å². The second-order valence-electron chi connectivity index (χ2n) is 3.25. The van der Waals surface area contributed by atoms with Crippen LogP contribution in [0.3, 0.4) is 0 Å². The van der Waals surface area contributed by atoms with E-state index in [1.165, 1.54) is 0 Å². The van der Waals surface area contributed by atoms with Crippen LogP contribution in [0.4, 0.5) is 6.01 Å². The zero-order valence-corrected chi connectivity index (χ0v) is 9.02. The van der Waals surface area contributed by atoms with Crippen LogP contribution >= 0.6 is 0 Å². The molecular formula is C10H12N4O2. The second-order valence-corrected chi connectivity index (χ2v) is 3.25. The number of nitrogens with zero attached hydrogens (tertiary/aromatic N) is 2. The SMILES string of the molecule is COc1ccc(-c2noc(NN)n2)cc1C. The zero-order valence-electron chi connectivity index (χ0n) is 9.02. The number of aromatic nitrogens is 2. The molecule has 0 atom stereocenters. The molecular weight excluding hydrogens is 208 g/mol. The minimum atomic E-state index is 0.184. The Balaban J connectivity index is 2.37. The molecule has 84 valence electrons. The van der Waals surface area contributed by atoms with Gasteiger partial charge in [-0.2, -0.15) is 4.98 Å². The number of hydrogen-bond donors (Lipinski definition) is 2. The minimum absolute atomic E-state index is 0.184. The van der Waals surface area contributed by atoms with E-state index in [0.717, 1.165) is 16.9 Å². The molecule has 0 aliphatic rings. The largest absolute Gasteiger partial charge is 0.496 e. The number of nitrogens with two attached hydrogens (primary N) is 1. The summed E-state index contributed by atoms with van der Waals surface area (Å²) in [5.74, 6) is 6.46. The van der Waals surface area contributed by atoms with E-state index < -0.39 is 0 Å².